The van der Waals surface area contributed by atoms with E-state index in [0.29, 0.717) is 0 Å². The molecule has 0 aliphatic carbocycles. The van der Waals surface area contributed by atoms with Crippen molar-refractivity contribution >= 4 is 11.8 Å². The summed E-state index contributed by atoms with van der Waals surface area (Å²) in [6, 6.07) is 4.87. The summed E-state index contributed by atoms with van der Waals surface area (Å²) in [4.78, 5) is 24.0. The number of hydrogen-bond donors (Lipinski definition) is 3. The summed E-state index contributed by atoms with van der Waals surface area (Å²) in [7, 11) is 0. The Morgan fingerprint density at radius 2 is 1.59 bits per heavy atom. The maximum absolute atomic E-state index is 13.7. The van der Waals surface area contributed by atoms with Gasteiger partial charge in [-0.1, -0.05) is 26.0 Å². The monoisotopic (exact) mass is 409 g/mol. The molecule has 0 unspecified atom stereocenters. The summed E-state index contributed by atoms with van der Waals surface area (Å²) >= 11 is 0. The average Bonchev–Trinajstić information content (AvgIpc) is 2.66. The zero-order valence-corrected chi connectivity index (χ0v) is 16.0. The lowest BCUT2D eigenvalue weighted by Gasteiger charge is -2.28. The molecule has 1 aromatic carbocycles. The van der Waals surface area contributed by atoms with Gasteiger partial charge in [-0.25, -0.2) is 0 Å². The van der Waals surface area contributed by atoms with Crippen LogP contribution in [0.3, 0.4) is 0 Å². The number of nitriles is 2. The molecule has 2 atom stereocenters. The van der Waals surface area contributed by atoms with Crippen LogP contribution in [0.5, 0.6) is 0 Å². The van der Waals surface area contributed by atoms with Crippen LogP contribution in [0.25, 0.3) is 0 Å². The SMILES string of the molecule is CC(C)C[C@H](N[C@H](c1ccc(C(=O)NCC#N)cc1)C(F)(F)F)C(=O)NCC#N. The fraction of sp³-hybridized carbons (Fsp3) is 0.474. The molecule has 0 spiro atoms. The van der Waals surface area contributed by atoms with E-state index in [4.69, 9.17) is 10.5 Å². The smallest absolute Gasteiger partial charge is 0.342 e. The Bertz CT molecular complexity index is 779. The van der Waals surface area contributed by atoms with Crippen molar-refractivity contribution in [2.45, 2.75) is 38.5 Å². The van der Waals surface area contributed by atoms with E-state index in [1.807, 2.05) is 0 Å². The molecule has 0 fully saturated rings. The zero-order valence-electron chi connectivity index (χ0n) is 16.0. The van der Waals surface area contributed by atoms with Crippen molar-refractivity contribution in [1.29, 1.82) is 10.5 Å². The van der Waals surface area contributed by atoms with E-state index in [2.05, 4.69) is 16.0 Å². The lowest BCUT2D eigenvalue weighted by molar-refractivity contribution is -0.161. The second-order valence-electron chi connectivity index (χ2n) is 6.66. The predicted octanol–water partition coefficient (Wildman–Crippen LogP) is 2.19. The van der Waals surface area contributed by atoms with Gasteiger partial charge < -0.3 is 10.6 Å². The summed E-state index contributed by atoms with van der Waals surface area (Å²) in [6.45, 7) is 3.01. The fourth-order valence-electron chi connectivity index (χ4n) is 2.60. The van der Waals surface area contributed by atoms with Crippen LogP contribution in [-0.2, 0) is 4.79 Å². The van der Waals surface area contributed by atoms with E-state index >= 15 is 0 Å². The quantitative estimate of drug-likeness (QED) is 0.541. The average molecular weight is 409 g/mol. The molecule has 2 amide bonds. The first kappa shape index (κ1) is 23.9. The fourth-order valence-corrected chi connectivity index (χ4v) is 2.60. The molecule has 0 heterocycles. The highest BCUT2D eigenvalue weighted by Gasteiger charge is 2.42. The maximum atomic E-state index is 13.7. The van der Waals surface area contributed by atoms with Gasteiger partial charge in [0.15, 0.2) is 0 Å². The highest BCUT2D eigenvalue weighted by Crippen LogP contribution is 2.33. The van der Waals surface area contributed by atoms with E-state index in [0.717, 1.165) is 12.1 Å². The Morgan fingerprint density at radius 1 is 1.03 bits per heavy atom. The molecule has 1 rings (SSSR count). The topological polar surface area (TPSA) is 118 Å². The molecular weight excluding hydrogens is 387 g/mol. The number of halogens is 3. The molecule has 0 aromatic heterocycles. The van der Waals surface area contributed by atoms with Gasteiger partial charge in [0.05, 0.1) is 18.2 Å². The van der Waals surface area contributed by atoms with Gasteiger partial charge in [0, 0.05) is 5.56 Å². The number of rotatable bonds is 9. The Balaban J connectivity index is 3.09. The van der Waals surface area contributed by atoms with Crippen LogP contribution >= 0.6 is 0 Å². The highest BCUT2D eigenvalue weighted by atomic mass is 19.4. The number of alkyl halides is 3. The van der Waals surface area contributed by atoms with E-state index in [1.54, 1.807) is 26.0 Å². The van der Waals surface area contributed by atoms with Crippen molar-refractivity contribution in [2.75, 3.05) is 13.1 Å². The van der Waals surface area contributed by atoms with Crippen molar-refractivity contribution in [1.82, 2.24) is 16.0 Å². The van der Waals surface area contributed by atoms with Gasteiger partial charge >= 0.3 is 6.18 Å². The second kappa shape index (κ2) is 11.0. The second-order valence-corrected chi connectivity index (χ2v) is 6.66. The number of carbonyl (C=O) groups excluding carboxylic acids is 2. The molecule has 0 aliphatic heterocycles. The molecule has 29 heavy (non-hydrogen) atoms. The minimum absolute atomic E-state index is 0.0691. The molecule has 3 N–H and O–H groups in total. The van der Waals surface area contributed by atoms with Gasteiger partial charge in [0.1, 0.15) is 19.1 Å². The predicted molar refractivity (Wildman–Crippen MR) is 98.2 cm³/mol. The van der Waals surface area contributed by atoms with Crippen LogP contribution in [0.2, 0.25) is 0 Å². The number of hydrogen-bond acceptors (Lipinski definition) is 5. The minimum atomic E-state index is -4.70. The first-order valence-corrected chi connectivity index (χ1v) is 8.82. The van der Waals surface area contributed by atoms with E-state index < -0.39 is 30.1 Å². The molecule has 0 saturated heterocycles. The highest BCUT2D eigenvalue weighted by molar-refractivity contribution is 5.94. The molecule has 7 nitrogen and oxygen atoms in total. The van der Waals surface area contributed by atoms with Crippen LogP contribution in [0.1, 0.15) is 42.2 Å². The van der Waals surface area contributed by atoms with Crippen LogP contribution in [0.4, 0.5) is 13.2 Å². The lowest BCUT2D eigenvalue weighted by atomic mass is 9.99. The number of benzene rings is 1. The lowest BCUT2D eigenvalue weighted by Crippen LogP contribution is -2.49. The van der Waals surface area contributed by atoms with E-state index in [9.17, 15) is 22.8 Å². The molecule has 0 radical (unpaired) electrons. The van der Waals surface area contributed by atoms with Crippen molar-refractivity contribution in [3.8, 4) is 12.1 Å². The van der Waals surface area contributed by atoms with Crippen molar-refractivity contribution in [3.05, 3.63) is 35.4 Å². The third kappa shape index (κ3) is 7.80. The number of nitrogens with one attached hydrogen (secondary N) is 3. The largest absolute Gasteiger partial charge is 0.407 e. The summed E-state index contributed by atoms with van der Waals surface area (Å²) in [5.41, 5.74) is -0.0633. The number of nitrogens with zero attached hydrogens (tertiary/aromatic N) is 2. The first-order chi connectivity index (χ1) is 13.6. The van der Waals surface area contributed by atoms with Gasteiger partial charge in [0.25, 0.3) is 5.91 Å². The molecule has 0 bridgehead atoms. The normalized spacial score (nSPS) is 13.1. The molecule has 10 heteroatoms. The van der Waals surface area contributed by atoms with Crippen molar-refractivity contribution in [3.63, 3.8) is 0 Å². The maximum Gasteiger partial charge on any atom is 0.407 e. The first-order valence-electron chi connectivity index (χ1n) is 8.82. The summed E-state index contributed by atoms with van der Waals surface area (Å²) in [6.07, 6.45) is -4.56. The Hall–Kier alpha value is -3.11. The summed E-state index contributed by atoms with van der Waals surface area (Å²) < 4.78 is 41.0. The molecular formula is C19H22F3N5O2. The van der Waals surface area contributed by atoms with Crippen LogP contribution in [0, 0.1) is 28.6 Å². The summed E-state index contributed by atoms with van der Waals surface area (Å²) in [5.74, 6) is -1.34. The Labute approximate surface area is 166 Å². The third-order valence-corrected chi connectivity index (χ3v) is 3.89. The zero-order chi connectivity index (χ0) is 22.0. The van der Waals surface area contributed by atoms with Gasteiger partial charge in [-0.05, 0) is 30.0 Å². The van der Waals surface area contributed by atoms with Gasteiger partial charge in [0.2, 0.25) is 5.91 Å². The van der Waals surface area contributed by atoms with Crippen molar-refractivity contribution < 1.29 is 22.8 Å². The van der Waals surface area contributed by atoms with E-state index in [1.165, 1.54) is 12.1 Å². The van der Waals surface area contributed by atoms with E-state index in [-0.39, 0.29) is 36.6 Å². The van der Waals surface area contributed by atoms with Gasteiger partial charge in [-0.15, -0.1) is 0 Å². The van der Waals surface area contributed by atoms with Crippen LogP contribution in [0.15, 0.2) is 24.3 Å². The molecule has 1 aromatic rings. The number of amides is 2. The van der Waals surface area contributed by atoms with Gasteiger partial charge in [-0.2, -0.15) is 23.7 Å². The van der Waals surface area contributed by atoms with Crippen molar-refractivity contribution in [2.24, 2.45) is 5.92 Å². The van der Waals surface area contributed by atoms with Crippen LogP contribution < -0.4 is 16.0 Å². The summed E-state index contributed by atoms with van der Waals surface area (Å²) in [5, 5.41) is 24.0. The number of carbonyl (C=O) groups is 2. The Kier molecular flexibility index (Phi) is 9.10. The molecule has 0 saturated carbocycles. The minimum Gasteiger partial charge on any atom is -0.342 e. The van der Waals surface area contributed by atoms with Crippen LogP contribution in [-0.4, -0.2) is 37.1 Å². The molecule has 156 valence electrons. The third-order valence-electron chi connectivity index (χ3n) is 3.89. The standard InChI is InChI=1S/C19H22F3N5O2/c1-12(2)11-15(18(29)26-10-8-24)27-16(19(20,21)22)13-3-5-14(6-4-13)17(28)25-9-7-23/h3-6,12,15-16,27H,9-11H2,1-2H3,(H,25,28)(H,26,29)/t15-,16+/m0/s1. The molecule has 0 aliphatic rings. The Morgan fingerprint density at radius 3 is 2.07 bits per heavy atom. The van der Waals surface area contributed by atoms with Gasteiger partial charge in [-0.3, -0.25) is 14.9 Å².